The molecule has 1 aromatic carbocycles. The number of carbonyl (C=O) groups excluding carboxylic acids is 1. The molecule has 0 radical (unpaired) electrons. The van der Waals surface area contributed by atoms with Gasteiger partial charge < -0.3 is 10.2 Å². The van der Waals surface area contributed by atoms with E-state index >= 15 is 0 Å². The van der Waals surface area contributed by atoms with E-state index in [9.17, 15) is 4.79 Å². The van der Waals surface area contributed by atoms with Crippen LogP contribution in [0.2, 0.25) is 0 Å². The lowest BCUT2D eigenvalue weighted by atomic mass is 10.1. The predicted molar refractivity (Wildman–Crippen MR) is 112 cm³/mol. The summed E-state index contributed by atoms with van der Waals surface area (Å²) in [5, 5.41) is 12.7. The van der Waals surface area contributed by atoms with Crippen LogP contribution >= 0.6 is 23.5 Å². The van der Waals surface area contributed by atoms with E-state index in [4.69, 9.17) is 0 Å². The molecule has 1 saturated heterocycles. The number of benzene rings is 1. The minimum absolute atomic E-state index is 0.0110. The summed E-state index contributed by atoms with van der Waals surface area (Å²) in [7, 11) is 0. The summed E-state index contributed by atoms with van der Waals surface area (Å²) < 4.78 is 2.26. The fraction of sp³-hybridized carbons (Fsp3) is 0.526. The molecule has 1 saturated carbocycles. The largest absolute Gasteiger partial charge is 0.341 e. The van der Waals surface area contributed by atoms with Gasteiger partial charge in [-0.25, -0.2) is 0 Å². The molecule has 8 heteroatoms. The molecule has 2 fully saturated rings. The highest BCUT2D eigenvalue weighted by Crippen LogP contribution is 2.41. The van der Waals surface area contributed by atoms with Crippen LogP contribution in [0.15, 0.2) is 34.3 Å². The monoisotopic (exact) mass is 403 g/mol. The number of piperidine rings is 1. The lowest BCUT2D eigenvalue weighted by molar-refractivity contribution is -0.113. The minimum atomic E-state index is -0.0110. The molecule has 27 heavy (non-hydrogen) atoms. The second-order valence-corrected chi connectivity index (χ2v) is 8.82. The Bertz CT molecular complexity index is 799. The van der Waals surface area contributed by atoms with Crippen LogP contribution in [-0.2, 0) is 4.79 Å². The van der Waals surface area contributed by atoms with E-state index in [0.29, 0.717) is 11.8 Å². The minimum Gasteiger partial charge on any atom is -0.341 e. The van der Waals surface area contributed by atoms with Crippen molar-refractivity contribution in [3.05, 3.63) is 24.3 Å². The summed E-state index contributed by atoms with van der Waals surface area (Å²) in [5.41, 5.74) is 0.838. The van der Waals surface area contributed by atoms with Crippen molar-refractivity contribution in [2.24, 2.45) is 0 Å². The molecule has 0 unspecified atom stereocenters. The van der Waals surface area contributed by atoms with E-state index in [1.54, 1.807) is 11.8 Å². The van der Waals surface area contributed by atoms with Crippen molar-refractivity contribution < 1.29 is 4.79 Å². The molecule has 2 heterocycles. The van der Waals surface area contributed by atoms with Gasteiger partial charge >= 0.3 is 0 Å². The van der Waals surface area contributed by atoms with E-state index in [1.165, 1.54) is 43.9 Å². The van der Waals surface area contributed by atoms with Gasteiger partial charge in [-0.1, -0.05) is 17.8 Å². The summed E-state index contributed by atoms with van der Waals surface area (Å²) in [6.07, 6.45) is 8.13. The maximum Gasteiger partial charge on any atom is 0.234 e. The number of thioether (sulfide) groups is 2. The highest BCUT2D eigenvalue weighted by Gasteiger charge is 2.32. The van der Waals surface area contributed by atoms with Gasteiger partial charge in [0, 0.05) is 29.7 Å². The lowest BCUT2D eigenvalue weighted by Crippen LogP contribution is -2.32. The molecule has 2 aromatic rings. The first-order chi connectivity index (χ1) is 13.2. The van der Waals surface area contributed by atoms with Crippen LogP contribution in [0.25, 0.3) is 0 Å². The van der Waals surface area contributed by atoms with Gasteiger partial charge in [0.15, 0.2) is 5.16 Å². The molecule has 6 nitrogen and oxygen atoms in total. The molecule has 1 N–H and O–H groups in total. The van der Waals surface area contributed by atoms with Crippen molar-refractivity contribution in [1.29, 1.82) is 0 Å². The van der Waals surface area contributed by atoms with E-state index in [0.717, 1.165) is 34.8 Å². The second kappa shape index (κ2) is 8.56. The van der Waals surface area contributed by atoms with Crippen molar-refractivity contribution in [3.63, 3.8) is 0 Å². The van der Waals surface area contributed by atoms with Gasteiger partial charge in [-0.2, -0.15) is 0 Å². The highest BCUT2D eigenvalue weighted by atomic mass is 32.2. The number of aromatic nitrogens is 3. The third-order valence-corrected chi connectivity index (χ3v) is 6.55. The lowest BCUT2D eigenvalue weighted by Gasteiger charge is -2.27. The number of hydrogen-bond donors (Lipinski definition) is 1. The molecule has 144 valence electrons. The number of nitrogens with zero attached hydrogens (tertiary/aromatic N) is 4. The van der Waals surface area contributed by atoms with Crippen LogP contribution in [0.1, 0.15) is 38.1 Å². The molecule has 1 aliphatic carbocycles. The molecular weight excluding hydrogens is 378 g/mol. The van der Waals surface area contributed by atoms with E-state index in [1.807, 2.05) is 30.5 Å². The predicted octanol–water partition coefficient (Wildman–Crippen LogP) is 4.06. The Balaban J connectivity index is 1.40. The van der Waals surface area contributed by atoms with E-state index in [-0.39, 0.29) is 5.91 Å². The third kappa shape index (κ3) is 4.60. The number of amides is 1. The highest BCUT2D eigenvalue weighted by molar-refractivity contribution is 7.99. The Hall–Kier alpha value is -1.67. The first-order valence-electron chi connectivity index (χ1n) is 9.51. The third-order valence-electron chi connectivity index (χ3n) is 4.88. The Labute approximate surface area is 168 Å². The van der Waals surface area contributed by atoms with Gasteiger partial charge in [0.2, 0.25) is 11.9 Å². The van der Waals surface area contributed by atoms with Crippen molar-refractivity contribution in [2.75, 3.05) is 35.3 Å². The average Bonchev–Trinajstić information content (AvgIpc) is 3.46. The van der Waals surface area contributed by atoms with Gasteiger partial charge in [0.25, 0.3) is 0 Å². The molecular formula is C19H25N5OS2. The Morgan fingerprint density at radius 2 is 2.04 bits per heavy atom. The van der Waals surface area contributed by atoms with Crippen LogP contribution < -0.4 is 10.2 Å². The Morgan fingerprint density at radius 1 is 1.22 bits per heavy atom. The van der Waals surface area contributed by atoms with Crippen molar-refractivity contribution in [3.8, 4) is 0 Å². The van der Waals surface area contributed by atoms with E-state index < -0.39 is 0 Å². The molecule has 0 atom stereocenters. The number of nitrogens with one attached hydrogen (secondary N) is 1. The molecule has 4 rings (SSSR count). The Kier molecular flexibility index (Phi) is 5.92. The Morgan fingerprint density at radius 3 is 2.78 bits per heavy atom. The maximum absolute atomic E-state index is 12.4. The normalized spacial score (nSPS) is 17.1. The summed E-state index contributed by atoms with van der Waals surface area (Å²) >= 11 is 3.15. The van der Waals surface area contributed by atoms with Gasteiger partial charge in [-0.05, 0) is 56.6 Å². The van der Waals surface area contributed by atoms with Crippen LogP contribution in [-0.4, -0.2) is 45.8 Å². The van der Waals surface area contributed by atoms with Crippen molar-refractivity contribution in [1.82, 2.24) is 14.8 Å². The van der Waals surface area contributed by atoms with Crippen LogP contribution in [0.3, 0.4) is 0 Å². The molecule has 0 bridgehead atoms. The summed E-state index contributed by atoms with van der Waals surface area (Å²) in [6, 6.07) is 8.41. The van der Waals surface area contributed by atoms with Crippen LogP contribution in [0.4, 0.5) is 11.6 Å². The van der Waals surface area contributed by atoms with Crippen molar-refractivity contribution in [2.45, 2.75) is 48.2 Å². The summed E-state index contributed by atoms with van der Waals surface area (Å²) in [5.74, 6) is 1.32. The van der Waals surface area contributed by atoms with Gasteiger partial charge in [0.05, 0.1) is 5.75 Å². The van der Waals surface area contributed by atoms with Crippen LogP contribution in [0.5, 0.6) is 0 Å². The molecule has 0 spiro atoms. The molecule has 2 aliphatic rings. The zero-order valence-corrected chi connectivity index (χ0v) is 17.2. The second-order valence-electron chi connectivity index (χ2n) is 7.00. The zero-order chi connectivity index (χ0) is 18.6. The standard InChI is InChI=1S/C19H25N5OS2/c1-26-16-7-5-6-14(12-16)20-17(25)13-27-19-22-21-18(24(19)15-8-9-15)23-10-3-2-4-11-23/h5-7,12,15H,2-4,8-11,13H2,1H3,(H,20,25). The quantitative estimate of drug-likeness (QED) is 0.704. The molecule has 1 aliphatic heterocycles. The number of anilines is 2. The van der Waals surface area contributed by atoms with Gasteiger partial charge in [-0.15, -0.1) is 22.0 Å². The maximum atomic E-state index is 12.4. The molecule has 1 amide bonds. The number of hydrogen-bond acceptors (Lipinski definition) is 6. The number of carbonyl (C=O) groups is 1. The van der Waals surface area contributed by atoms with E-state index in [2.05, 4.69) is 25.0 Å². The van der Waals surface area contributed by atoms with Crippen molar-refractivity contribution >= 4 is 41.1 Å². The van der Waals surface area contributed by atoms with Crippen LogP contribution in [0, 0.1) is 0 Å². The zero-order valence-electron chi connectivity index (χ0n) is 15.6. The topological polar surface area (TPSA) is 63.1 Å². The SMILES string of the molecule is CSc1cccc(NC(=O)CSc2nnc(N3CCCCC3)n2C2CC2)c1. The first kappa shape index (κ1) is 18.7. The molecule has 1 aromatic heterocycles. The fourth-order valence-electron chi connectivity index (χ4n) is 3.36. The summed E-state index contributed by atoms with van der Waals surface area (Å²) in [6.45, 7) is 2.11. The fourth-order valence-corrected chi connectivity index (χ4v) is 4.62. The summed E-state index contributed by atoms with van der Waals surface area (Å²) in [4.78, 5) is 15.9. The van der Waals surface area contributed by atoms with Gasteiger partial charge in [-0.3, -0.25) is 9.36 Å². The smallest absolute Gasteiger partial charge is 0.234 e. The van der Waals surface area contributed by atoms with Gasteiger partial charge in [0.1, 0.15) is 0 Å². The number of rotatable bonds is 7. The average molecular weight is 404 g/mol. The first-order valence-corrected chi connectivity index (χ1v) is 11.7.